The van der Waals surface area contributed by atoms with Crippen LogP contribution in [0.15, 0.2) is 24.3 Å². The molecule has 0 spiro atoms. The lowest BCUT2D eigenvalue weighted by Crippen LogP contribution is -2.01. The number of carbonyl (C=O) groups is 1. The number of anilines is 1. The first-order valence-electron chi connectivity index (χ1n) is 3.21. The summed E-state index contributed by atoms with van der Waals surface area (Å²) in [5, 5.41) is 2.04. The van der Waals surface area contributed by atoms with Gasteiger partial charge in [0.1, 0.15) is 0 Å². The maximum atomic E-state index is 11.8. The molecule has 0 aromatic heterocycles. The van der Waals surface area contributed by atoms with Gasteiger partial charge < -0.3 is 0 Å². The van der Waals surface area contributed by atoms with Crippen LogP contribution in [0.1, 0.15) is 5.56 Å². The van der Waals surface area contributed by atoms with Crippen molar-refractivity contribution in [1.29, 1.82) is 0 Å². The zero-order valence-corrected chi connectivity index (χ0v) is 6.10. The van der Waals surface area contributed by atoms with Gasteiger partial charge in [0.25, 0.3) is 0 Å². The van der Waals surface area contributed by atoms with E-state index < -0.39 is 6.16 Å². The number of amides is 1. The molecular weight excluding hydrogens is 145 g/mol. The van der Waals surface area contributed by atoms with Crippen LogP contribution in [0.2, 0.25) is 0 Å². The minimum absolute atomic E-state index is 0.484. The molecule has 1 aromatic carbocycles. The maximum absolute atomic E-state index is 11.8. The fourth-order valence-corrected chi connectivity index (χ4v) is 0.836. The van der Waals surface area contributed by atoms with E-state index in [0.29, 0.717) is 5.69 Å². The Kier molecular flexibility index (Phi) is 2.21. The van der Waals surface area contributed by atoms with E-state index in [1.807, 2.05) is 18.3 Å². The number of benzene rings is 1. The van der Waals surface area contributed by atoms with Gasteiger partial charge in [-0.1, -0.05) is 12.1 Å². The van der Waals surface area contributed by atoms with Crippen LogP contribution in [-0.2, 0) is 0 Å². The highest BCUT2D eigenvalue weighted by molar-refractivity contribution is 5.83. The highest BCUT2D eigenvalue weighted by Gasteiger charge is 1.96. The molecule has 0 saturated carbocycles. The lowest BCUT2D eigenvalue weighted by atomic mass is 10.2. The van der Waals surface area contributed by atoms with Crippen LogP contribution < -0.4 is 5.32 Å². The molecule has 0 unspecified atom stereocenters. The van der Waals surface area contributed by atoms with Crippen molar-refractivity contribution >= 4 is 11.8 Å². The summed E-state index contributed by atoms with van der Waals surface area (Å²) in [6.07, 6.45) is -1.53. The van der Waals surface area contributed by atoms with Gasteiger partial charge in [-0.2, -0.15) is 0 Å². The fraction of sp³-hybridized carbons (Fsp3) is 0.125. The monoisotopic (exact) mass is 153 g/mol. The van der Waals surface area contributed by atoms with Gasteiger partial charge in [-0.05, 0) is 24.6 Å². The van der Waals surface area contributed by atoms with Gasteiger partial charge in [0.05, 0.1) is 0 Å². The average molecular weight is 153 g/mol. The number of carbonyl (C=O) groups excluding carboxylic acids is 1. The molecular formula is C8H8FNO. The van der Waals surface area contributed by atoms with Gasteiger partial charge in [0, 0.05) is 5.69 Å². The molecule has 11 heavy (non-hydrogen) atoms. The van der Waals surface area contributed by atoms with Gasteiger partial charge in [0.2, 0.25) is 0 Å². The number of hydrogen-bond acceptors (Lipinski definition) is 1. The molecule has 1 rings (SSSR count). The molecule has 2 nitrogen and oxygen atoms in total. The quantitative estimate of drug-likeness (QED) is 0.487. The average Bonchev–Trinajstić information content (AvgIpc) is 1.85. The molecule has 0 saturated heterocycles. The van der Waals surface area contributed by atoms with Gasteiger partial charge in [0.15, 0.2) is 0 Å². The topological polar surface area (TPSA) is 29.1 Å². The minimum Gasteiger partial charge on any atom is -0.298 e. The van der Waals surface area contributed by atoms with Crippen molar-refractivity contribution < 1.29 is 9.18 Å². The standard InChI is InChI=1S/C8H8FNO/c1-6-3-2-4-7(5-6)10-8(9)11/h2-5H,1H3,(H,10,11). The zero-order chi connectivity index (χ0) is 8.27. The summed E-state index contributed by atoms with van der Waals surface area (Å²) in [5.74, 6) is 0. The van der Waals surface area contributed by atoms with E-state index >= 15 is 0 Å². The van der Waals surface area contributed by atoms with Crippen molar-refractivity contribution in [3.63, 3.8) is 0 Å². The fourth-order valence-electron chi connectivity index (χ4n) is 0.836. The molecule has 0 fully saturated rings. The Bertz CT molecular complexity index is 273. The summed E-state index contributed by atoms with van der Waals surface area (Å²) in [5.41, 5.74) is 1.47. The van der Waals surface area contributed by atoms with Crippen LogP contribution in [0.3, 0.4) is 0 Å². The Hall–Kier alpha value is -1.38. The second kappa shape index (κ2) is 3.14. The third-order valence-corrected chi connectivity index (χ3v) is 1.26. The Morgan fingerprint density at radius 1 is 1.55 bits per heavy atom. The first kappa shape index (κ1) is 7.72. The summed E-state index contributed by atoms with van der Waals surface area (Å²) in [4.78, 5) is 9.95. The van der Waals surface area contributed by atoms with Gasteiger partial charge in [-0.25, -0.2) is 4.79 Å². The minimum atomic E-state index is -1.53. The van der Waals surface area contributed by atoms with Crippen LogP contribution in [0.25, 0.3) is 0 Å². The van der Waals surface area contributed by atoms with Crippen molar-refractivity contribution in [3.05, 3.63) is 29.8 Å². The van der Waals surface area contributed by atoms with Crippen molar-refractivity contribution in [2.75, 3.05) is 5.32 Å². The molecule has 1 amide bonds. The first-order valence-corrected chi connectivity index (χ1v) is 3.21. The molecule has 0 bridgehead atoms. The van der Waals surface area contributed by atoms with E-state index in [9.17, 15) is 9.18 Å². The lowest BCUT2D eigenvalue weighted by molar-refractivity contribution is 0.235. The number of hydrogen-bond donors (Lipinski definition) is 1. The van der Waals surface area contributed by atoms with Crippen molar-refractivity contribution in [2.45, 2.75) is 6.92 Å². The van der Waals surface area contributed by atoms with Crippen LogP contribution in [0.4, 0.5) is 14.9 Å². The number of nitrogens with one attached hydrogen (secondary N) is 1. The van der Waals surface area contributed by atoms with Crippen LogP contribution in [0, 0.1) is 6.92 Å². The predicted octanol–water partition coefficient (Wildman–Crippen LogP) is 2.50. The Morgan fingerprint density at radius 2 is 2.27 bits per heavy atom. The van der Waals surface area contributed by atoms with E-state index in [4.69, 9.17) is 0 Å². The second-order valence-electron chi connectivity index (χ2n) is 2.27. The van der Waals surface area contributed by atoms with Crippen molar-refractivity contribution in [1.82, 2.24) is 0 Å². The SMILES string of the molecule is Cc1cccc(NC(=O)F)c1. The Morgan fingerprint density at radius 3 is 2.82 bits per heavy atom. The molecule has 1 N–H and O–H groups in total. The second-order valence-corrected chi connectivity index (χ2v) is 2.27. The molecule has 58 valence electrons. The van der Waals surface area contributed by atoms with E-state index in [1.165, 1.54) is 0 Å². The summed E-state index contributed by atoms with van der Waals surface area (Å²) in [6.45, 7) is 1.87. The largest absolute Gasteiger partial charge is 0.401 e. The van der Waals surface area contributed by atoms with Crippen LogP contribution >= 0.6 is 0 Å². The molecule has 1 aromatic rings. The highest BCUT2D eigenvalue weighted by Crippen LogP contribution is 2.09. The number of rotatable bonds is 1. The molecule has 0 aliphatic heterocycles. The van der Waals surface area contributed by atoms with Gasteiger partial charge >= 0.3 is 6.16 Å². The molecule has 0 aliphatic rings. The molecule has 0 radical (unpaired) electrons. The molecule has 0 aliphatic carbocycles. The Labute approximate surface area is 64.0 Å². The normalized spacial score (nSPS) is 9.27. The smallest absolute Gasteiger partial charge is 0.298 e. The summed E-state index contributed by atoms with van der Waals surface area (Å²) in [7, 11) is 0. The van der Waals surface area contributed by atoms with E-state index in [1.54, 1.807) is 18.2 Å². The molecule has 0 heterocycles. The van der Waals surface area contributed by atoms with Crippen molar-refractivity contribution in [2.24, 2.45) is 0 Å². The van der Waals surface area contributed by atoms with E-state index in [0.717, 1.165) is 5.56 Å². The van der Waals surface area contributed by atoms with Gasteiger partial charge in [-0.15, -0.1) is 4.39 Å². The third-order valence-electron chi connectivity index (χ3n) is 1.26. The first-order chi connectivity index (χ1) is 5.18. The third kappa shape index (κ3) is 2.37. The lowest BCUT2D eigenvalue weighted by Gasteiger charge is -1.99. The molecule has 0 atom stereocenters. The van der Waals surface area contributed by atoms with Crippen LogP contribution in [-0.4, -0.2) is 6.16 Å². The van der Waals surface area contributed by atoms with E-state index in [-0.39, 0.29) is 0 Å². The number of aryl methyl sites for hydroxylation is 1. The molecule has 3 heteroatoms. The maximum Gasteiger partial charge on any atom is 0.401 e. The van der Waals surface area contributed by atoms with Crippen molar-refractivity contribution in [3.8, 4) is 0 Å². The van der Waals surface area contributed by atoms with E-state index in [2.05, 4.69) is 0 Å². The van der Waals surface area contributed by atoms with Gasteiger partial charge in [-0.3, -0.25) is 5.32 Å². The van der Waals surface area contributed by atoms with Crippen LogP contribution in [0.5, 0.6) is 0 Å². The summed E-state index contributed by atoms with van der Waals surface area (Å²) < 4.78 is 11.8. The number of halogens is 1. The predicted molar refractivity (Wildman–Crippen MR) is 41.3 cm³/mol. The summed E-state index contributed by atoms with van der Waals surface area (Å²) >= 11 is 0. The highest BCUT2D eigenvalue weighted by atomic mass is 19.1. The summed E-state index contributed by atoms with van der Waals surface area (Å²) in [6, 6.07) is 6.94. The zero-order valence-electron chi connectivity index (χ0n) is 6.10. The Balaban J connectivity index is 2.79.